The van der Waals surface area contributed by atoms with Crippen LogP contribution in [0.25, 0.3) is 0 Å². The van der Waals surface area contributed by atoms with Gasteiger partial charge >= 0.3 is 0 Å². The summed E-state index contributed by atoms with van der Waals surface area (Å²) in [6.07, 6.45) is 2.99. The van der Waals surface area contributed by atoms with Crippen LogP contribution in [-0.4, -0.2) is 26.2 Å². The van der Waals surface area contributed by atoms with Crippen molar-refractivity contribution in [1.82, 2.24) is 4.72 Å². The molecule has 0 radical (unpaired) electrons. The second-order valence-corrected chi connectivity index (χ2v) is 7.83. The molecule has 1 aromatic carbocycles. The smallest absolute Gasteiger partial charge is 0.240 e. The van der Waals surface area contributed by atoms with Gasteiger partial charge in [-0.15, -0.1) is 0 Å². The molecule has 0 spiro atoms. The van der Waals surface area contributed by atoms with E-state index < -0.39 is 10.0 Å². The largest absolute Gasteiger partial charge is 0.397 e. The molecule has 118 valence electrons. The summed E-state index contributed by atoms with van der Waals surface area (Å²) in [5, 5.41) is 10.00. The topological polar surface area (TPSA) is 92.4 Å². The highest BCUT2D eigenvalue weighted by Crippen LogP contribution is 2.27. The molecule has 1 aliphatic rings. The first-order chi connectivity index (χ1) is 9.79. The van der Waals surface area contributed by atoms with Crippen LogP contribution in [0.5, 0.6) is 0 Å². The summed E-state index contributed by atoms with van der Waals surface area (Å²) in [7, 11) is -3.61. The molecule has 0 amide bonds. The van der Waals surface area contributed by atoms with E-state index in [-0.39, 0.29) is 22.6 Å². The lowest BCUT2D eigenvalue weighted by Crippen LogP contribution is -2.33. The van der Waals surface area contributed by atoms with E-state index in [2.05, 4.69) is 4.72 Å². The van der Waals surface area contributed by atoms with E-state index in [0.717, 1.165) is 19.3 Å². The third-order valence-corrected chi connectivity index (χ3v) is 5.80. The van der Waals surface area contributed by atoms with Crippen molar-refractivity contribution in [2.75, 3.05) is 12.3 Å². The normalized spacial score (nSPS) is 23.2. The number of hydrogen-bond donors (Lipinski definition) is 3. The van der Waals surface area contributed by atoms with E-state index in [0.29, 0.717) is 23.6 Å². The fourth-order valence-electron chi connectivity index (χ4n) is 2.68. The van der Waals surface area contributed by atoms with E-state index in [1.807, 2.05) is 0 Å². The SMILES string of the molecule is Cc1cc(S(=O)(=O)NCC2CCCC(O)C2)cc(N)c1Cl. The molecule has 1 fully saturated rings. The Kier molecular flexibility index (Phi) is 5.14. The molecule has 0 aromatic heterocycles. The van der Waals surface area contributed by atoms with E-state index in [1.165, 1.54) is 12.1 Å². The molecule has 1 aromatic rings. The third-order valence-electron chi connectivity index (χ3n) is 3.88. The summed E-state index contributed by atoms with van der Waals surface area (Å²) in [6.45, 7) is 2.05. The highest BCUT2D eigenvalue weighted by Gasteiger charge is 2.23. The predicted octanol–water partition coefficient (Wildman–Crippen LogP) is 2.06. The number of aliphatic hydroxyl groups excluding tert-OH is 1. The van der Waals surface area contributed by atoms with Crippen LogP contribution in [0.4, 0.5) is 5.69 Å². The lowest BCUT2D eigenvalue weighted by Gasteiger charge is -2.25. The van der Waals surface area contributed by atoms with Crippen LogP contribution in [0.15, 0.2) is 17.0 Å². The summed E-state index contributed by atoms with van der Waals surface area (Å²) in [6, 6.07) is 2.88. The molecule has 1 aliphatic carbocycles. The zero-order valence-electron chi connectivity index (χ0n) is 12.0. The minimum atomic E-state index is -3.61. The number of benzene rings is 1. The minimum Gasteiger partial charge on any atom is -0.397 e. The fourth-order valence-corrected chi connectivity index (χ4v) is 4.02. The van der Waals surface area contributed by atoms with Gasteiger partial charge in [-0.3, -0.25) is 0 Å². The van der Waals surface area contributed by atoms with Crippen molar-refractivity contribution >= 4 is 27.3 Å². The number of halogens is 1. The van der Waals surface area contributed by atoms with Gasteiger partial charge in [-0.2, -0.15) is 0 Å². The van der Waals surface area contributed by atoms with Gasteiger partial charge in [-0.05, 0) is 49.8 Å². The molecule has 1 saturated carbocycles. The van der Waals surface area contributed by atoms with Gasteiger partial charge < -0.3 is 10.8 Å². The number of sulfonamides is 1. The molecule has 2 unspecified atom stereocenters. The van der Waals surface area contributed by atoms with Crippen LogP contribution in [0.3, 0.4) is 0 Å². The number of nitrogens with one attached hydrogen (secondary N) is 1. The maximum Gasteiger partial charge on any atom is 0.240 e. The summed E-state index contributed by atoms with van der Waals surface area (Å²) < 4.78 is 27.2. The molecule has 4 N–H and O–H groups in total. The summed E-state index contributed by atoms with van der Waals surface area (Å²) in [5.41, 5.74) is 6.60. The number of anilines is 1. The van der Waals surface area contributed by atoms with Crippen molar-refractivity contribution in [2.24, 2.45) is 5.92 Å². The highest BCUT2D eigenvalue weighted by molar-refractivity contribution is 7.89. The molecule has 0 bridgehead atoms. The summed E-state index contributed by atoms with van der Waals surface area (Å²) >= 11 is 5.95. The maximum atomic E-state index is 12.3. The van der Waals surface area contributed by atoms with Crippen LogP contribution in [-0.2, 0) is 10.0 Å². The van der Waals surface area contributed by atoms with Gasteiger partial charge in [-0.25, -0.2) is 13.1 Å². The lowest BCUT2D eigenvalue weighted by atomic mass is 9.87. The standard InChI is InChI=1S/C14H21ClN2O3S/c1-9-5-12(7-13(16)14(9)15)21(19,20)17-8-10-3-2-4-11(18)6-10/h5,7,10-11,17-18H,2-4,6,8,16H2,1H3. The molecule has 5 nitrogen and oxygen atoms in total. The molecule has 0 saturated heterocycles. The monoisotopic (exact) mass is 332 g/mol. The number of aliphatic hydroxyl groups is 1. The Bertz CT molecular complexity index is 596. The average molecular weight is 333 g/mol. The molecule has 0 heterocycles. The zero-order chi connectivity index (χ0) is 15.6. The van der Waals surface area contributed by atoms with Gasteiger partial charge in [0.15, 0.2) is 0 Å². The molecule has 0 aliphatic heterocycles. The molecule has 2 atom stereocenters. The van der Waals surface area contributed by atoms with E-state index in [4.69, 9.17) is 17.3 Å². The number of nitrogens with two attached hydrogens (primary N) is 1. The molecule has 7 heteroatoms. The van der Waals surface area contributed by atoms with Crippen molar-refractivity contribution in [3.63, 3.8) is 0 Å². The first-order valence-corrected chi connectivity index (χ1v) is 8.89. The van der Waals surface area contributed by atoms with Crippen molar-refractivity contribution in [3.8, 4) is 0 Å². The first-order valence-electron chi connectivity index (χ1n) is 7.03. The van der Waals surface area contributed by atoms with Gasteiger partial charge in [-0.1, -0.05) is 18.0 Å². The average Bonchev–Trinajstić information content (AvgIpc) is 2.42. The first kappa shape index (κ1) is 16.5. The van der Waals surface area contributed by atoms with E-state index >= 15 is 0 Å². The lowest BCUT2D eigenvalue weighted by molar-refractivity contribution is 0.102. The van der Waals surface area contributed by atoms with Gasteiger partial charge in [0, 0.05) is 6.54 Å². The highest BCUT2D eigenvalue weighted by atomic mass is 35.5. The van der Waals surface area contributed by atoms with Crippen LogP contribution in [0.2, 0.25) is 5.02 Å². The molecule has 2 rings (SSSR count). The Morgan fingerprint density at radius 2 is 2.14 bits per heavy atom. The van der Waals surface area contributed by atoms with Crippen molar-refractivity contribution in [1.29, 1.82) is 0 Å². The van der Waals surface area contributed by atoms with Gasteiger partial charge in [0.2, 0.25) is 10.0 Å². The van der Waals surface area contributed by atoms with Crippen LogP contribution in [0.1, 0.15) is 31.2 Å². The maximum absolute atomic E-state index is 12.3. The Hall–Kier alpha value is -0.820. The Morgan fingerprint density at radius 1 is 1.43 bits per heavy atom. The summed E-state index contributed by atoms with van der Waals surface area (Å²) in [5.74, 6) is 0.175. The molecular weight excluding hydrogens is 312 g/mol. The Balaban J connectivity index is 2.08. The van der Waals surface area contributed by atoms with E-state index in [9.17, 15) is 13.5 Å². The van der Waals surface area contributed by atoms with Gasteiger partial charge in [0.1, 0.15) is 0 Å². The van der Waals surface area contributed by atoms with Crippen molar-refractivity contribution in [3.05, 3.63) is 22.7 Å². The number of hydrogen-bond acceptors (Lipinski definition) is 4. The predicted molar refractivity (Wildman–Crippen MR) is 83.8 cm³/mol. The van der Waals surface area contributed by atoms with Crippen LogP contribution in [0, 0.1) is 12.8 Å². The Morgan fingerprint density at radius 3 is 2.76 bits per heavy atom. The summed E-state index contributed by atoms with van der Waals surface area (Å²) in [4.78, 5) is 0.123. The second-order valence-electron chi connectivity index (χ2n) is 5.68. The van der Waals surface area contributed by atoms with Gasteiger partial charge in [0.25, 0.3) is 0 Å². The van der Waals surface area contributed by atoms with Crippen molar-refractivity contribution < 1.29 is 13.5 Å². The Labute approximate surface area is 130 Å². The number of aryl methyl sites for hydroxylation is 1. The van der Waals surface area contributed by atoms with E-state index in [1.54, 1.807) is 6.92 Å². The van der Waals surface area contributed by atoms with Gasteiger partial charge in [0.05, 0.1) is 21.7 Å². The minimum absolute atomic E-state index is 0.123. The van der Waals surface area contributed by atoms with Crippen molar-refractivity contribution in [2.45, 2.75) is 43.6 Å². The van der Waals surface area contributed by atoms with Crippen LogP contribution < -0.4 is 10.5 Å². The zero-order valence-corrected chi connectivity index (χ0v) is 13.5. The van der Waals surface area contributed by atoms with Crippen LogP contribution >= 0.6 is 11.6 Å². The fraction of sp³-hybridized carbons (Fsp3) is 0.571. The molecular formula is C14H21ClN2O3S. The number of rotatable bonds is 4. The quantitative estimate of drug-likeness (QED) is 0.736. The molecule has 21 heavy (non-hydrogen) atoms. The second kappa shape index (κ2) is 6.52. The third kappa shape index (κ3) is 4.10. The number of nitrogen functional groups attached to an aromatic ring is 1.